The molecule has 0 radical (unpaired) electrons. The summed E-state index contributed by atoms with van der Waals surface area (Å²) in [6, 6.07) is 57.4. The van der Waals surface area contributed by atoms with E-state index < -0.39 is 0 Å². The summed E-state index contributed by atoms with van der Waals surface area (Å²) < 4.78 is 6.98. The molecule has 0 fully saturated rings. The third kappa shape index (κ3) is 4.33. The fourth-order valence-corrected chi connectivity index (χ4v) is 8.32. The van der Waals surface area contributed by atoms with Gasteiger partial charge in [-0.25, -0.2) is 0 Å². The van der Waals surface area contributed by atoms with Crippen molar-refractivity contribution in [2.24, 2.45) is 0 Å². The van der Waals surface area contributed by atoms with Crippen molar-refractivity contribution < 1.29 is 4.74 Å². The largest absolute Gasteiger partial charge is 0.484 e. The van der Waals surface area contributed by atoms with E-state index in [1.165, 1.54) is 76.8 Å². The zero-order valence-electron chi connectivity index (χ0n) is 26.9. The molecular formula is C48H32O. The van der Waals surface area contributed by atoms with Crippen molar-refractivity contribution >= 4 is 32.3 Å². The third-order valence-electron chi connectivity index (χ3n) is 10.4. The maximum absolute atomic E-state index is 6.98. The molecule has 0 amide bonds. The van der Waals surface area contributed by atoms with Gasteiger partial charge >= 0.3 is 0 Å². The van der Waals surface area contributed by atoms with Crippen LogP contribution in [0.4, 0.5) is 0 Å². The standard InChI is InChI=1S/C48H32O/c1-2-15-31(16-3-1)33-19-6-7-21-35(33)41-29-30-43(47-42-26-12-13-28-44(42)49-48(41)47)46-39-24-10-8-22-37(39)45(38-23-9-11-25-40(38)46)36-27-14-18-32-17-4-5-20-34(32)36/h1-30,42,44H. The van der Waals surface area contributed by atoms with Crippen molar-refractivity contribution in [2.45, 2.75) is 12.0 Å². The van der Waals surface area contributed by atoms with Crippen LogP contribution >= 0.6 is 0 Å². The van der Waals surface area contributed by atoms with Crippen LogP contribution in [0.3, 0.4) is 0 Å². The van der Waals surface area contributed by atoms with E-state index in [0.717, 1.165) is 11.3 Å². The summed E-state index contributed by atoms with van der Waals surface area (Å²) in [5, 5.41) is 7.54. The molecule has 8 aromatic carbocycles. The van der Waals surface area contributed by atoms with E-state index >= 15 is 0 Å². The van der Waals surface area contributed by atoms with Gasteiger partial charge in [0.2, 0.25) is 0 Å². The molecule has 1 aliphatic carbocycles. The highest BCUT2D eigenvalue weighted by Crippen LogP contribution is 2.54. The molecule has 2 unspecified atom stereocenters. The number of ether oxygens (including phenoxy) is 1. The van der Waals surface area contributed by atoms with Gasteiger partial charge in [-0.15, -0.1) is 0 Å². The summed E-state index contributed by atoms with van der Waals surface area (Å²) >= 11 is 0. The van der Waals surface area contributed by atoms with Gasteiger partial charge in [0, 0.05) is 17.0 Å². The van der Waals surface area contributed by atoms with Crippen molar-refractivity contribution in [3.63, 3.8) is 0 Å². The van der Waals surface area contributed by atoms with Gasteiger partial charge in [-0.05, 0) is 83.4 Å². The van der Waals surface area contributed by atoms with E-state index in [2.05, 4.69) is 182 Å². The Morgan fingerprint density at radius 1 is 0.367 bits per heavy atom. The lowest BCUT2D eigenvalue weighted by molar-refractivity contribution is 0.270. The van der Waals surface area contributed by atoms with Gasteiger partial charge in [0.05, 0.1) is 0 Å². The molecule has 1 heteroatoms. The lowest BCUT2D eigenvalue weighted by Gasteiger charge is -2.22. The second-order valence-electron chi connectivity index (χ2n) is 13.1. The highest BCUT2D eigenvalue weighted by molar-refractivity contribution is 6.24. The molecule has 1 nitrogen and oxygen atoms in total. The Labute approximate surface area is 286 Å². The minimum Gasteiger partial charge on any atom is -0.484 e. The van der Waals surface area contributed by atoms with E-state index in [1.54, 1.807) is 0 Å². The molecule has 230 valence electrons. The van der Waals surface area contributed by atoms with Crippen LogP contribution in [0.5, 0.6) is 5.75 Å². The maximum Gasteiger partial charge on any atom is 0.132 e. The molecule has 49 heavy (non-hydrogen) atoms. The van der Waals surface area contributed by atoms with Crippen molar-refractivity contribution in [3.05, 3.63) is 188 Å². The van der Waals surface area contributed by atoms with E-state index in [-0.39, 0.29) is 12.0 Å². The van der Waals surface area contributed by atoms with Gasteiger partial charge in [-0.2, -0.15) is 0 Å². The van der Waals surface area contributed by atoms with Gasteiger partial charge in [0.15, 0.2) is 0 Å². The Morgan fingerprint density at radius 3 is 1.63 bits per heavy atom. The normalized spacial score (nSPS) is 16.2. The monoisotopic (exact) mass is 624 g/mol. The predicted octanol–water partition coefficient (Wildman–Crippen LogP) is 12.8. The second kappa shape index (κ2) is 11.2. The number of fused-ring (bicyclic) bond motifs is 6. The van der Waals surface area contributed by atoms with Crippen LogP contribution in [0.25, 0.3) is 76.8 Å². The fraction of sp³-hybridized carbons (Fsp3) is 0.0417. The van der Waals surface area contributed by atoms with Crippen LogP contribution in [-0.2, 0) is 0 Å². The molecule has 0 spiro atoms. The van der Waals surface area contributed by atoms with Crippen molar-refractivity contribution in [3.8, 4) is 50.3 Å². The van der Waals surface area contributed by atoms with E-state index in [0.29, 0.717) is 0 Å². The lowest BCUT2D eigenvalue weighted by Crippen LogP contribution is -2.15. The smallest absolute Gasteiger partial charge is 0.132 e. The number of hydrogen-bond donors (Lipinski definition) is 0. The first-order valence-corrected chi connectivity index (χ1v) is 17.1. The zero-order chi connectivity index (χ0) is 32.3. The summed E-state index contributed by atoms with van der Waals surface area (Å²) in [6.07, 6.45) is 8.78. The Morgan fingerprint density at radius 2 is 0.898 bits per heavy atom. The Hall–Kier alpha value is -6.18. The summed E-state index contributed by atoms with van der Waals surface area (Å²) in [7, 11) is 0. The fourth-order valence-electron chi connectivity index (χ4n) is 8.32. The van der Waals surface area contributed by atoms with Crippen molar-refractivity contribution in [2.75, 3.05) is 0 Å². The topological polar surface area (TPSA) is 9.23 Å². The number of hydrogen-bond acceptors (Lipinski definition) is 1. The summed E-state index contributed by atoms with van der Waals surface area (Å²) in [5.41, 5.74) is 11.0. The first-order valence-electron chi connectivity index (χ1n) is 17.1. The van der Waals surface area contributed by atoms with Crippen LogP contribution in [0.2, 0.25) is 0 Å². The molecule has 0 saturated heterocycles. The average Bonchev–Trinajstić information content (AvgIpc) is 3.57. The molecular weight excluding hydrogens is 593 g/mol. The third-order valence-corrected chi connectivity index (χ3v) is 10.4. The maximum atomic E-state index is 6.98. The van der Waals surface area contributed by atoms with Crippen LogP contribution in [-0.4, -0.2) is 6.10 Å². The highest BCUT2D eigenvalue weighted by atomic mass is 16.5. The van der Waals surface area contributed by atoms with Gasteiger partial charge in [0.25, 0.3) is 0 Å². The number of rotatable bonds is 4. The first-order chi connectivity index (χ1) is 24.3. The molecule has 0 bridgehead atoms. The molecule has 2 atom stereocenters. The molecule has 0 saturated carbocycles. The van der Waals surface area contributed by atoms with Crippen molar-refractivity contribution in [1.29, 1.82) is 0 Å². The van der Waals surface area contributed by atoms with Gasteiger partial charge in [-0.3, -0.25) is 0 Å². The average molecular weight is 625 g/mol. The van der Waals surface area contributed by atoms with Crippen LogP contribution < -0.4 is 4.74 Å². The van der Waals surface area contributed by atoms with Gasteiger partial charge in [0.1, 0.15) is 11.9 Å². The van der Waals surface area contributed by atoms with E-state index in [4.69, 9.17) is 4.74 Å². The SMILES string of the molecule is C1=CC2Oc3c(-c4ccccc4-c4ccccc4)ccc(-c4c5ccccc5c(-c5cccc6ccccc56)c5ccccc45)c3C2C=C1. The zero-order valence-corrected chi connectivity index (χ0v) is 26.9. The highest BCUT2D eigenvalue weighted by Gasteiger charge is 2.37. The Balaban J connectivity index is 1.29. The van der Waals surface area contributed by atoms with Crippen LogP contribution in [0.1, 0.15) is 11.5 Å². The minimum atomic E-state index is -0.0451. The Bertz CT molecular complexity index is 2580. The van der Waals surface area contributed by atoms with Gasteiger partial charge < -0.3 is 4.74 Å². The Kier molecular flexibility index (Phi) is 6.38. The predicted molar refractivity (Wildman–Crippen MR) is 206 cm³/mol. The first kappa shape index (κ1) is 27.9. The van der Waals surface area contributed by atoms with E-state index in [9.17, 15) is 0 Å². The van der Waals surface area contributed by atoms with Crippen LogP contribution in [0, 0.1) is 0 Å². The number of allylic oxidation sites excluding steroid dienone is 2. The molecule has 1 aliphatic heterocycles. The second-order valence-corrected chi connectivity index (χ2v) is 13.1. The summed E-state index contributed by atoms with van der Waals surface area (Å²) in [5.74, 6) is 1.10. The molecule has 8 aromatic rings. The van der Waals surface area contributed by atoms with Crippen molar-refractivity contribution in [1.82, 2.24) is 0 Å². The summed E-state index contributed by atoms with van der Waals surface area (Å²) in [4.78, 5) is 0. The molecule has 0 aromatic heterocycles. The van der Waals surface area contributed by atoms with Crippen LogP contribution in [0.15, 0.2) is 182 Å². The lowest BCUT2D eigenvalue weighted by atomic mass is 9.80. The molecule has 10 rings (SSSR count). The molecule has 1 heterocycles. The number of benzene rings is 8. The minimum absolute atomic E-state index is 0.0451. The quantitative estimate of drug-likeness (QED) is 0.177. The van der Waals surface area contributed by atoms with Gasteiger partial charge in [-0.1, -0.05) is 170 Å². The summed E-state index contributed by atoms with van der Waals surface area (Å²) in [6.45, 7) is 0. The molecule has 2 aliphatic rings. The van der Waals surface area contributed by atoms with E-state index in [1.807, 2.05) is 0 Å². The molecule has 0 N–H and O–H groups in total.